The molecule has 0 spiro atoms. The summed E-state index contributed by atoms with van der Waals surface area (Å²) in [7, 11) is 1.90. The van der Waals surface area contributed by atoms with Crippen LogP contribution in [0.3, 0.4) is 0 Å². The van der Waals surface area contributed by atoms with Crippen LogP contribution in [0.2, 0.25) is 0 Å². The summed E-state index contributed by atoms with van der Waals surface area (Å²) in [5, 5.41) is 12.4. The highest BCUT2D eigenvalue weighted by Gasteiger charge is 2.23. The van der Waals surface area contributed by atoms with Gasteiger partial charge in [0.15, 0.2) is 0 Å². The minimum absolute atomic E-state index is 0.100. The predicted octanol–water partition coefficient (Wildman–Crippen LogP) is 1.16. The highest BCUT2D eigenvalue weighted by atomic mass is 16.5. The van der Waals surface area contributed by atoms with E-state index in [-0.39, 0.29) is 12.1 Å². The molecule has 0 aromatic carbocycles. The topological polar surface area (TPSA) is 41.5 Å². The smallest absolute Gasteiger partial charge is 0.0613 e. The van der Waals surface area contributed by atoms with Crippen molar-refractivity contribution in [3.05, 3.63) is 0 Å². The third-order valence-electron chi connectivity index (χ3n) is 2.66. The molecule has 0 bridgehead atoms. The highest BCUT2D eigenvalue weighted by Crippen LogP contribution is 2.15. The molecule has 13 heavy (non-hydrogen) atoms. The van der Waals surface area contributed by atoms with E-state index in [0.717, 1.165) is 32.5 Å². The summed E-state index contributed by atoms with van der Waals surface area (Å²) in [6.45, 7) is 5.86. The van der Waals surface area contributed by atoms with Crippen molar-refractivity contribution < 1.29 is 9.84 Å². The van der Waals surface area contributed by atoms with Crippen molar-refractivity contribution in [3.63, 3.8) is 0 Å². The van der Waals surface area contributed by atoms with Crippen LogP contribution in [0.1, 0.15) is 33.1 Å². The number of nitrogens with one attached hydrogen (secondary N) is 1. The minimum Gasteiger partial charge on any atom is -0.394 e. The van der Waals surface area contributed by atoms with E-state index < -0.39 is 0 Å². The highest BCUT2D eigenvalue weighted by molar-refractivity contribution is 4.84. The normalized spacial score (nSPS) is 15.7. The largest absolute Gasteiger partial charge is 0.394 e. The van der Waals surface area contributed by atoms with Gasteiger partial charge in [-0.2, -0.15) is 0 Å². The lowest BCUT2D eigenvalue weighted by Gasteiger charge is -2.30. The Morgan fingerprint density at radius 3 is 2.46 bits per heavy atom. The molecule has 0 heterocycles. The van der Waals surface area contributed by atoms with Crippen molar-refractivity contribution in [1.29, 1.82) is 0 Å². The fourth-order valence-electron chi connectivity index (χ4n) is 1.41. The fraction of sp³-hybridized carbons (Fsp3) is 1.00. The van der Waals surface area contributed by atoms with E-state index in [2.05, 4.69) is 12.2 Å². The molecule has 0 saturated carbocycles. The number of aliphatic hydroxyl groups excluding tert-OH is 1. The molecule has 0 aromatic rings. The molecule has 3 nitrogen and oxygen atoms in total. The van der Waals surface area contributed by atoms with E-state index in [9.17, 15) is 5.11 Å². The van der Waals surface area contributed by atoms with E-state index in [1.165, 1.54) is 0 Å². The summed E-state index contributed by atoms with van der Waals surface area (Å²) in [6, 6.07) is 0. The standard InChI is InChI=1S/C10H23NO2/c1-4-10(9-12,11-3)7-6-8-13-5-2/h11-12H,4-9H2,1-3H3. The number of hydrogen-bond donors (Lipinski definition) is 2. The molecule has 0 aliphatic carbocycles. The zero-order valence-electron chi connectivity index (χ0n) is 9.10. The van der Waals surface area contributed by atoms with Crippen molar-refractivity contribution in [1.82, 2.24) is 5.32 Å². The number of ether oxygens (including phenoxy) is 1. The number of hydrogen-bond acceptors (Lipinski definition) is 3. The second-order valence-corrected chi connectivity index (χ2v) is 3.34. The van der Waals surface area contributed by atoms with Gasteiger partial charge in [-0.15, -0.1) is 0 Å². The molecular formula is C10H23NO2. The summed E-state index contributed by atoms with van der Waals surface area (Å²) in [5.74, 6) is 0. The Kier molecular flexibility index (Phi) is 7.23. The Bertz CT molecular complexity index is 105. The van der Waals surface area contributed by atoms with Crippen LogP contribution in [0, 0.1) is 0 Å². The molecule has 0 fully saturated rings. The first kappa shape index (κ1) is 12.9. The first-order valence-corrected chi connectivity index (χ1v) is 5.12. The van der Waals surface area contributed by atoms with Crippen molar-refractivity contribution in [2.45, 2.75) is 38.6 Å². The third-order valence-corrected chi connectivity index (χ3v) is 2.66. The van der Waals surface area contributed by atoms with Crippen molar-refractivity contribution in [2.24, 2.45) is 0 Å². The maximum Gasteiger partial charge on any atom is 0.0613 e. The van der Waals surface area contributed by atoms with Gasteiger partial charge in [0, 0.05) is 18.8 Å². The van der Waals surface area contributed by atoms with Crippen LogP contribution in [0.25, 0.3) is 0 Å². The predicted molar refractivity (Wildman–Crippen MR) is 54.9 cm³/mol. The van der Waals surface area contributed by atoms with Crippen LogP contribution >= 0.6 is 0 Å². The molecule has 0 aliphatic heterocycles. The summed E-state index contributed by atoms with van der Waals surface area (Å²) in [4.78, 5) is 0. The van der Waals surface area contributed by atoms with Crippen LogP contribution in [0.4, 0.5) is 0 Å². The molecule has 80 valence electrons. The maximum atomic E-state index is 9.23. The molecule has 3 heteroatoms. The molecule has 2 N–H and O–H groups in total. The lowest BCUT2D eigenvalue weighted by molar-refractivity contribution is 0.113. The Hall–Kier alpha value is -0.120. The molecular weight excluding hydrogens is 166 g/mol. The van der Waals surface area contributed by atoms with Crippen LogP contribution < -0.4 is 5.32 Å². The second kappa shape index (κ2) is 7.30. The Labute approximate surface area is 81.5 Å². The first-order valence-electron chi connectivity index (χ1n) is 5.12. The monoisotopic (exact) mass is 189 g/mol. The quantitative estimate of drug-likeness (QED) is 0.563. The van der Waals surface area contributed by atoms with Gasteiger partial charge in [-0.25, -0.2) is 0 Å². The van der Waals surface area contributed by atoms with E-state index >= 15 is 0 Å². The van der Waals surface area contributed by atoms with Gasteiger partial charge in [0.05, 0.1) is 6.61 Å². The van der Waals surface area contributed by atoms with Crippen LogP contribution in [0.5, 0.6) is 0 Å². The van der Waals surface area contributed by atoms with Crippen molar-refractivity contribution in [2.75, 3.05) is 26.9 Å². The summed E-state index contributed by atoms with van der Waals surface area (Å²) in [5.41, 5.74) is -0.100. The van der Waals surface area contributed by atoms with Gasteiger partial charge in [0.25, 0.3) is 0 Å². The lowest BCUT2D eigenvalue weighted by atomic mass is 9.92. The average molecular weight is 189 g/mol. The van der Waals surface area contributed by atoms with Crippen molar-refractivity contribution in [3.8, 4) is 0 Å². The average Bonchev–Trinajstić information content (AvgIpc) is 2.20. The lowest BCUT2D eigenvalue weighted by Crippen LogP contribution is -2.46. The van der Waals surface area contributed by atoms with Gasteiger partial charge in [0.1, 0.15) is 0 Å². The summed E-state index contributed by atoms with van der Waals surface area (Å²) < 4.78 is 5.25. The zero-order valence-corrected chi connectivity index (χ0v) is 9.10. The maximum absolute atomic E-state index is 9.23. The third kappa shape index (κ3) is 4.60. The van der Waals surface area contributed by atoms with Crippen LogP contribution in [-0.4, -0.2) is 37.5 Å². The zero-order chi connectivity index (χ0) is 10.2. The van der Waals surface area contributed by atoms with Gasteiger partial charge in [-0.1, -0.05) is 6.92 Å². The molecule has 1 atom stereocenters. The number of likely N-dealkylation sites (N-methyl/N-ethyl adjacent to an activating group) is 1. The Morgan fingerprint density at radius 2 is 2.08 bits per heavy atom. The van der Waals surface area contributed by atoms with Crippen LogP contribution in [-0.2, 0) is 4.74 Å². The second-order valence-electron chi connectivity index (χ2n) is 3.34. The van der Waals surface area contributed by atoms with Gasteiger partial charge < -0.3 is 15.2 Å². The molecule has 0 rings (SSSR count). The summed E-state index contributed by atoms with van der Waals surface area (Å²) >= 11 is 0. The van der Waals surface area contributed by atoms with Gasteiger partial charge in [0.2, 0.25) is 0 Å². The molecule has 0 aliphatic rings. The van der Waals surface area contributed by atoms with Crippen molar-refractivity contribution >= 4 is 0 Å². The fourth-order valence-corrected chi connectivity index (χ4v) is 1.41. The SMILES string of the molecule is CCOCCCC(CC)(CO)NC. The van der Waals surface area contributed by atoms with Gasteiger partial charge >= 0.3 is 0 Å². The molecule has 0 aromatic heterocycles. The van der Waals surface area contributed by atoms with Crippen LogP contribution in [0.15, 0.2) is 0 Å². The molecule has 1 unspecified atom stereocenters. The summed E-state index contributed by atoms with van der Waals surface area (Å²) in [6.07, 6.45) is 2.92. The van der Waals surface area contributed by atoms with E-state index in [4.69, 9.17) is 4.74 Å². The van der Waals surface area contributed by atoms with E-state index in [1.807, 2.05) is 14.0 Å². The van der Waals surface area contributed by atoms with E-state index in [0.29, 0.717) is 0 Å². The Balaban J connectivity index is 3.68. The van der Waals surface area contributed by atoms with Gasteiger partial charge in [-0.3, -0.25) is 0 Å². The minimum atomic E-state index is -0.100. The Morgan fingerprint density at radius 1 is 1.38 bits per heavy atom. The number of aliphatic hydroxyl groups is 1. The molecule has 0 radical (unpaired) electrons. The van der Waals surface area contributed by atoms with Gasteiger partial charge in [-0.05, 0) is 33.2 Å². The number of rotatable bonds is 8. The molecule has 0 amide bonds. The first-order chi connectivity index (χ1) is 6.24. The molecule has 0 saturated heterocycles. The van der Waals surface area contributed by atoms with E-state index in [1.54, 1.807) is 0 Å².